The first-order valence-electron chi connectivity index (χ1n) is 9.46. The molecule has 3 aromatic rings. The van der Waals surface area contributed by atoms with Gasteiger partial charge in [-0.05, 0) is 34.4 Å². The Balaban J connectivity index is 1.63. The van der Waals surface area contributed by atoms with Crippen LogP contribution in [0.2, 0.25) is 0 Å². The van der Waals surface area contributed by atoms with Gasteiger partial charge in [-0.3, -0.25) is 4.79 Å². The summed E-state index contributed by atoms with van der Waals surface area (Å²) < 4.78 is 0. The summed E-state index contributed by atoms with van der Waals surface area (Å²) in [6, 6.07) is 23.7. The van der Waals surface area contributed by atoms with Crippen molar-refractivity contribution in [2.45, 2.75) is 25.7 Å². The average molecular weight is 373 g/mol. The van der Waals surface area contributed by atoms with Gasteiger partial charge in [0.05, 0.1) is 6.54 Å². The summed E-state index contributed by atoms with van der Waals surface area (Å²) in [5, 5.41) is 18.7. The molecule has 1 aliphatic rings. The van der Waals surface area contributed by atoms with Crippen LogP contribution >= 0.6 is 0 Å². The maximum absolute atomic E-state index is 13.0. The molecular formula is C24H23NO3. The number of anilines is 1. The highest BCUT2D eigenvalue weighted by atomic mass is 16.5. The number of carbonyl (C=O) groups excluding carboxylic acids is 1. The minimum atomic E-state index is -1.38. The summed E-state index contributed by atoms with van der Waals surface area (Å²) in [6.07, 6.45) is -1.38. The van der Waals surface area contributed by atoms with Crippen molar-refractivity contribution in [1.29, 1.82) is 0 Å². The lowest BCUT2D eigenvalue weighted by Gasteiger charge is -2.31. The molecule has 1 aliphatic heterocycles. The Morgan fingerprint density at radius 1 is 0.857 bits per heavy atom. The van der Waals surface area contributed by atoms with Gasteiger partial charge in [-0.15, -0.1) is 0 Å². The molecule has 0 saturated heterocycles. The van der Waals surface area contributed by atoms with Gasteiger partial charge >= 0.3 is 0 Å². The van der Waals surface area contributed by atoms with Crippen molar-refractivity contribution in [2.75, 3.05) is 11.4 Å². The summed E-state index contributed by atoms with van der Waals surface area (Å²) in [5.41, 5.74) is 5.70. The van der Waals surface area contributed by atoms with Crippen LogP contribution in [0.1, 0.15) is 34.3 Å². The summed E-state index contributed by atoms with van der Waals surface area (Å²) in [7, 11) is 0. The van der Waals surface area contributed by atoms with Gasteiger partial charge in [-0.25, -0.2) is 0 Å². The van der Waals surface area contributed by atoms with Gasteiger partial charge in [-0.1, -0.05) is 67.6 Å². The van der Waals surface area contributed by atoms with Crippen molar-refractivity contribution < 1.29 is 15.0 Å². The molecule has 0 amide bonds. The van der Waals surface area contributed by atoms with E-state index in [-0.39, 0.29) is 11.7 Å². The lowest BCUT2D eigenvalue weighted by atomic mass is 9.89. The van der Waals surface area contributed by atoms with E-state index in [0.29, 0.717) is 13.1 Å². The van der Waals surface area contributed by atoms with Crippen LogP contribution < -0.4 is 4.90 Å². The largest absolute Gasteiger partial charge is 0.368 e. The van der Waals surface area contributed by atoms with Crippen molar-refractivity contribution in [3.63, 3.8) is 0 Å². The first-order valence-corrected chi connectivity index (χ1v) is 9.46. The quantitative estimate of drug-likeness (QED) is 0.680. The zero-order chi connectivity index (χ0) is 19.7. The highest BCUT2D eigenvalue weighted by Crippen LogP contribution is 2.32. The standard InChI is InChI=1S/C24H23NO3/c1-16(24(27)28)17-10-12-20(13-11-17)25-14-19-8-5-9-21(23(19)22(26)15-25)18-6-3-2-4-7-18/h2-13,16,24,27-28H,14-15H2,1H3. The smallest absolute Gasteiger partial charge is 0.183 e. The third-order valence-corrected chi connectivity index (χ3v) is 5.44. The summed E-state index contributed by atoms with van der Waals surface area (Å²) >= 11 is 0. The normalized spacial score (nSPS) is 14.9. The molecule has 1 atom stereocenters. The zero-order valence-corrected chi connectivity index (χ0v) is 15.7. The third kappa shape index (κ3) is 3.44. The van der Waals surface area contributed by atoms with E-state index in [1.54, 1.807) is 6.92 Å². The highest BCUT2D eigenvalue weighted by molar-refractivity contribution is 6.07. The lowest BCUT2D eigenvalue weighted by Crippen LogP contribution is -2.35. The van der Waals surface area contributed by atoms with E-state index in [2.05, 4.69) is 4.90 Å². The first-order chi connectivity index (χ1) is 13.5. The summed E-state index contributed by atoms with van der Waals surface area (Å²) in [4.78, 5) is 15.1. The maximum atomic E-state index is 13.0. The molecule has 142 valence electrons. The molecular weight excluding hydrogens is 350 g/mol. The van der Waals surface area contributed by atoms with Gasteiger partial charge in [0.2, 0.25) is 0 Å². The minimum Gasteiger partial charge on any atom is -0.368 e. The van der Waals surface area contributed by atoms with E-state index >= 15 is 0 Å². The van der Waals surface area contributed by atoms with E-state index in [1.807, 2.05) is 72.8 Å². The topological polar surface area (TPSA) is 60.8 Å². The Kier molecular flexibility index (Phi) is 4.99. The molecule has 28 heavy (non-hydrogen) atoms. The number of fused-ring (bicyclic) bond motifs is 1. The number of aliphatic hydroxyl groups is 2. The van der Waals surface area contributed by atoms with Gasteiger partial charge < -0.3 is 15.1 Å². The van der Waals surface area contributed by atoms with E-state index in [1.165, 1.54) is 0 Å². The molecule has 4 nitrogen and oxygen atoms in total. The van der Waals surface area contributed by atoms with Gasteiger partial charge in [-0.2, -0.15) is 0 Å². The summed E-state index contributed by atoms with van der Waals surface area (Å²) in [6.45, 7) is 2.76. The monoisotopic (exact) mass is 373 g/mol. The molecule has 0 spiro atoms. The highest BCUT2D eigenvalue weighted by Gasteiger charge is 2.26. The number of Topliss-reactive ketones (excluding diaryl/α,β-unsaturated/α-hetero) is 1. The van der Waals surface area contributed by atoms with Crippen LogP contribution in [0, 0.1) is 0 Å². The molecule has 1 heterocycles. The van der Waals surface area contributed by atoms with Gasteiger partial charge in [0.25, 0.3) is 0 Å². The molecule has 4 rings (SSSR count). The van der Waals surface area contributed by atoms with Crippen LogP contribution in [0.15, 0.2) is 72.8 Å². The molecule has 0 fully saturated rings. The van der Waals surface area contributed by atoms with Crippen LogP contribution in [0.5, 0.6) is 0 Å². The Hall–Kier alpha value is -2.95. The molecule has 0 aromatic heterocycles. The molecule has 0 radical (unpaired) electrons. The van der Waals surface area contributed by atoms with E-state index in [4.69, 9.17) is 0 Å². The number of ketones is 1. The number of aliphatic hydroxyl groups excluding tert-OH is 1. The second kappa shape index (κ2) is 7.58. The third-order valence-electron chi connectivity index (χ3n) is 5.44. The fourth-order valence-corrected chi connectivity index (χ4v) is 3.78. The number of carbonyl (C=O) groups is 1. The number of rotatable bonds is 4. The second-order valence-corrected chi connectivity index (χ2v) is 7.28. The molecule has 4 heteroatoms. The second-order valence-electron chi connectivity index (χ2n) is 7.28. The van der Waals surface area contributed by atoms with Gasteiger partial charge in [0.1, 0.15) is 0 Å². The zero-order valence-electron chi connectivity index (χ0n) is 15.7. The van der Waals surface area contributed by atoms with Crippen molar-refractivity contribution in [2.24, 2.45) is 0 Å². The molecule has 0 bridgehead atoms. The number of benzene rings is 3. The van der Waals surface area contributed by atoms with E-state index < -0.39 is 6.29 Å². The van der Waals surface area contributed by atoms with Crippen molar-refractivity contribution in [3.8, 4) is 11.1 Å². The van der Waals surface area contributed by atoms with Crippen LogP contribution in [-0.4, -0.2) is 28.8 Å². The Bertz CT molecular complexity index is 980. The Morgan fingerprint density at radius 2 is 1.57 bits per heavy atom. The van der Waals surface area contributed by atoms with Crippen LogP contribution in [0.4, 0.5) is 5.69 Å². The molecule has 3 aromatic carbocycles. The fraction of sp³-hybridized carbons (Fsp3) is 0.208. The fourth-order valence-electron chi connectivity index (χ4n) is 3.78. The predicted molar refractivity (Wildman–Crippen MR) is 110 cm³/mol. The predicted octanol–water partition coefficient (Wildman–Crippen LogP) is 3.97. The SMILES string of the molecule is CC(c1ccc(N2CC(=O)c3c(cccc3-c3ccccc3)C2)cc1)C(O)O. The lowest BCUT2D eigenvalue weighted by molar-refractivity contribution is -0.0561. The average Bonchev–Trinajstić information content (AvgIpc) is 2.73. The van der Waals surface area contributed by atoms with Gasteiger partial charge in [0, 0.05) is 23.7 Å². The van der Waals surface area contributed by atoms with Crippen molar-refractivity contribution in [3.05, 3.63) is 89.5 Å². The molecule has 1 unspecified atom stereocenters. The first kappa shape index (κ1) is 18.4. The van der Waals surface area contributed by atoms with Crippen molar-refractivity contribution >= 4 is 11.5 Å². The van der Waals surface area contributed by atoms with Crippen molar-refractivity contribution in [1.82, 2.24) is 0 Å². The number of nitrogens with zero attached hydrogens (tertiary/aromatic N) is 1. The van der Waals surface area contributed by atoms with E-state index in [9.17, 15) is 15.0 Å². The molecule has 0 saturated carbocycles. The number of hydrogen-bond donors (Lipinski definition) is 2. The van der Waals surface area contributed by atoms with Crippen LogP contribution in [0.3, 0.4) is 0 Å². The van der Waals surface area contributed by atoms with Crippen LogP contribution in [-0.2, 0) is 6.54 Å². The molecule has 0 aliphatic carbocycles. The molecule has 2 N–H and O–H groups in total. The Morgan fingerprint density at radius 3 is 2.25 bits per heavy atom. The minimum absolute atomic E-state index is 0.115. The number of hydrogen-bond acceptors (Lipinski definition) is 4. The van der Waals surface area contributed by atoms with Crippen LogP contribution in [0.25, 0.3) is 11.1 Å². The maximum Gasteiger partial charge on any atom is 0.183 e. The van der Waals surface area contributed by atoms with Gasteiger partial charge in [0.15, 0.2) is 12.1 Å². The van der Waals surface area contributed by atoms with E-state index in [0.717, 1.165) is 33.5 Å². The summed E-state index contributed by atoms with van der Waals surface area (Å²) in [5.74, 6) is -0.241. The Labute approximate surface area is 164 Å².